The van der Waals surface area contributed by atoms with Crippen LogP contribution < -0.4 is 20.9 Å². The van der Waals surface area contributed by atoms with Gasteiger partial charge in [-0.15, -0.1) is 0 Å². The number of anilines is 4. The van der Waals surface area contributed by atoms with E-state index >= 15 is 4.39 Å². The summed E-state index contributed by atoms with van der Waals surface area (Å²) < 4.78 is 22.4. The molecule has 0 atom stereocenters. The number of imidazole rings is 1. The van der Waals surface area contributed by atoms with Crippen LogP contribution in [0.5, 0.6) is 0 Å². The summed E-state index contributed by atoms with van der Waals surface area (Å²) in [6, 6.07) is 4.81. The lowest BCUT2D eigenvalue weighted by Crippen LogP contribution is -2.36. The van der Waals surface area contributed by atoms with Gasteiger partial charge in [0.1, 0.15) is 17.7 Å². The number of aromatic nitrogens is 3. The van der Waals surface area contributed by atoms with E-state index in [-0.39, 0.29) is 24.4 Å². The Hall–Kier alpha value is -3.44. The number of halogens is 1. The van der Waals surface area contributed by atoms with Gasteiger partial charge in [0.15, 0.2) is 11.5 Å². The highest BCUT2D eigenvalue weighted by Crippen LogP contribution is 2.32. The lowest BCUT2D eigenvalue weighted by Gasteiger charge is -2.30. The molecular formula is C24H30FN7O3. The number of ether oxygens (including phenoxy) is 1. The molecule has 11 heteroatoms. The van der Waals surface area contributed by atoms with Gasteiger partial charge in [-0.05, 0) is 30.5 Å². The number of nitrogens with one attached hydrogen (secondary N) is 3. The molecule has 0 spiro atoms. The normalized spacial score (nSPS) is 16.6. The molecule has 0 bridgehead atoms. The molecule has 1 amide bonds. The van der Waals surface area contributed by atoms with Crippen molar-refractivity contribution >= 4 is 40.1 Å². The van der Waals surface area contributed by atoms with Gasteiger partial charge in [-0.3, -0.25) is 0 Å². The largest absolute Gasteiger partial charge is 0.392 e. The van der Waals surface area contributed by atoms with Crippen molar-refractivity contribution in [1.29, 1.82) is 0 Å². The molecule has 2 aliphatic rings. The Morgan fingerprint density at radius 2 is 1.97 bits per heavy atom. The Kier molecular flexibility index (Phi) is 6.69. The number of carbonyl (C=O) groups excluding carboxylic acids is 1. The number of hydrogen-bond donors (Lipinski definition) is 4. The number of aliphatic hydroxyl groups is 1. The Labute approximate surface area is 202 Å². The maximum absolute atomic E-state index is 15.6. The third kappa shape index (κ3) is 4.73. The molecule has 1 aliphatic heterocycles. The van der Waals surface area contributed by atoms with Crippen molar-refractivity contribution < 1.29 is 19.0 Å². The Bertz CT molecular complexity index is 1220. The smallest absolute Gasteiger partial charge is 0.328 e. The fourth-order valence-corrected chi connectivity index (χ4v) is 4.73. The van der Waals surface area contributed by atoms with Gasteiger partial charge in [0.2, 0.25) is 0 Å². The second-order valence-electron chi connectivity index (χ2n) is 8.88. The van der Waals surface area contributed by atoms with Crippen LogP contribution in [0.3, 0.4) is 0 Å². The van der Waals surface area contributed by atoms with E-state index in [0.29, 0.717) is 60.2 Å². The van der Waals surface area contributed by atoms with Gasteiger partial charge < -0.3 is 30.7 Å². The first-order valence-corrected chi connectivity index (χ1v) is 12.0. The summed E-state index contributed by atoms with van der Waals surface area (Å²) >= 11 is 0. The molecule has 4 N–H and O–H groups in total. The monoisotopic (exact) mass is 483 g/mol. The number of fused-ring (bicyclic) bond motifs is 1. The van der Waals surface area contributed by atoms with Gasteiger partial charge in [-0.25, -0.2) is 23.7 Å². The maximum Gasteiger partial charge on any atom is 0.328 e. The van der Waals surface area contributed by atoms with E-state index < -0.39 is 5.82 Å². The van der Waals surface area contributed by atoms with Crippen molar-refractivity contribution in [3.05, 3.63) is 35.9 Å². The topological polar surface area (TPSA) is 117 Å². The summed E-state index contributed by atoms with van der Waals surface area (Å²) in [5.74, 6) is -0.0938. The first kappa shape index (κ1) is 23.3. The Morgan fingerprint density at radius 3 is 2.69 bits per heavy atom. The molecule has 3 heterocycles. The van der Waals surface area contributed by atoms with E-state index in [9.17, 15) is 9.90 Å². The molecule has 5 rings (SSSR count). The van der Waals surface area contributed by atoms with Crippen LogP contribution >= 0.6 is 0 Å². The summed E-state index contributed by atoms with van der Waals surface area (Å²) in [5, 5.41) is 19.0. The van der Waals surface area contributed by atoms with E-state index in [1.807, 2.05) is 4.90 Å². The number of rotatable bonds is 6. The molecule has 3 aromatic rings. The predicted octanol–water partition coefficient (Wildman–Crippen LogP) is 3.18. The van der Waals surface area contributed by atoms with E-state index in [4.69, 9.17) is 4.74 Å². The Morgan fingerprint density at radius 1 is 1.20 bits per heavy atom. The van der Waals surface area contributed by atoms with Crippen LogP contribution in [0, 0.1) is 5.82 Å². The summed E-state index contributed by atoms with van der Waals surface area (Å²) in [6.07, 6.45) is 5.60. The molecule has 0 unspecified atom stereocenters. The van der Waals surface area contributed by atoms with E-state index in [2.05, 4.69) is 25.9 Å². The zero-order chi connectivity index (χ0) is 24.4. The lowest BCUT2D eigenvalue weighted by molar-refractivity contribution is 0.122. The minimum absolute atomic E-state index is 0.152. The van der Waals surface area contributed by atoms with Crippen molar-refractivity contribution in [3.63, 3.8) is 0 Å². The van der Waals surface area contributed by atoms with Gasteiger partial charge in [0.05, 0.1) is 36.9 Å². The molecule has 35 heavy (non-hydrogen) atoms. The average Bonchev–Trinajstić information content (AvgIpc) is 3.55. The van der Waals surface area contributed by atoms with Crippen LogP contribution in [0.1, 0.15) is 31.2 Å². The van der Waals surface area contributed by atoms with Gasteiger partial charge in [-0.1, -0.05) is 12.8 Å². The zero-order valence-corrected chi connectivity index (χ0v) is 19.7. The van der Waals surface area contributed by atoms with Crippen molar-refractivity contribution in [2.75, 3.05) is 48.9 Å². The second-order valence-corrected chi connectivity index (χ2v) is 8.88. The maximum atomic E-state index is 15.6. The van der Waals surface area contributed by atoms with Crippen molar-refractivity contribution in [1.82, 2.24) is 19.9 Å². The fourth-order valence-electron chi connectivity index (χ4n) is 4.73. The number of nitrogens with zero attached hydrogens (tertiary/aromatic N) is 4. The molecule has 1 saturated carbocycles. The zero-order valence-electron chi connectivity index (χ0n) is 19.7. The predicted molar refractivity (Wildman–Crippen MR) is 132 cm³/mol. The number of carbonyl (C=O) groups is 1. The van der Waals surface area contributed by atoms with Crippen molar-refractivity contribution in [2.45, 2.75) is 38.3 Å². The fraction of sp³-hybridized carbons (Fsp3) is 0.458. The third-order valence-corrected chi connectivity index (χ3v) is 6.59. The van der Waals surface area contributed by atoms with E-state index in [1.165, 1.54) is 10.9 Å². The molecule has 1 aliphatic carbocycles. The van der Waals surface area contributed by atoms with Crippen LogP contribution in [-0.4, -0.2) is 65.1 Å². The van der Waals surface area contributed by atoms with Crippen LogP contribution in [0.25, 0.3) is 11.2 Å². The van der Waals surface area contributed by atoms with Gasteiger partial charge >= 0.3 is 6.03 Å². The van der Waals surface area contributed by atoms with Crippen LogP contribution in [-0.2, 0) is 11.3 Å². The number of amides is 1. The van der Waals surface area contributed by atoms with Gasteiger partial charge in [0, 0.05) is 32.2 Å². The van der Waals surface area contributed by atoms with Crippen LogP contribution in [0.2, 0.25) is 0 Å². The molecule has 2 fully saturated rings. The number of benzene rings is 1. The lowest BCUT2D eigenvalue weighted by atomic mass is 10.1. The molecule has 186 valence electrons. The highest BCUT2D eigenvalue weighted by Gasteiger charge is 2.22. The molecule has 1 saturated heterocycles. The van der Waals surface area contributed by atoms with E-state index in [1.54, 1.807) is 25.2 Å². The first-order valence-electron chi connectivity index (χ1n) is 12.0. The van der Waals surface area contributed by atoms with E-state index in [0.717, 1.165) is 25.7 Å². The number of morpholine rings is 1. The minimum atomic E-state index is -0.440. The molecule has 2 aromatic heterocycles. The van der Waals surface area contributed by atoms with Crippen molar-refractivity contribution in [2.24, 2.45) is 0 Å². The summed E-state index contributed by atoms with van der Waals surface area (Å²) in [4.78, 5) is 23.8. The van der Waals surface area contributed by atoms with Gasteiger partial charge in [-0.2, -0.15) is 0 Å². The highest BCUT2D eigenvalue weighted by atomic mass is 19.1. The Balaban J connectivity index is 1.49. The summed E-state index contributed by atoms with van der Waals surface area (Å²) in [5.41, 5.74) is 2.72. The number of aliphatic hydroxyl groups excluding tert-OH is 1. The SMILES string of the molecule is CNc1cc(Nc2cc(CO)cc(N3CCOCC3)c2F)nc2c1ncn2C(=O)NC1CCCC1. The van der Waals surface area contributed by atoms with Crippen LogP contribution in [0.4, 0.5) is 32.1 Å². The summed E-state index contributed by atoms with van der Waals surface area (Å²) in [7, 11) is 1.75. The number of hydrogen-bond acceptors (Lipinski definition) is 8. The molecular weight excluding hydrogens is 453 g/mol. The first-order chi connectivity index (χ1) is 17.1. The standard InChI is InChI=1S/C24H30FN7O3/c1-26-18-12-20(30-23-22(18)27-14-32(23)24(34)28-16-4-2-3-5-16)29-17-10-15(13-33)11-19(21(17)25)31-6-8-35-9-7-31/h10-12,14,16,33H,2-9,13H2,1H3,(H,28,34)(H2,26,29,30). The minimum Gasteiger partial charge on any atom is -0.392 e. The molecule has 10 nitrogen and oxygen atoms in total. The third-order valence-electron chi connectivity index (χ3n) is 6.59. The molecule has 0 radical (unpaired) electrons. The van der Waals surface area contributed by atoms with Crippen molar-refractivity contribution in [3.8, 4) is 0 Å². The molecule has 1 aromatic carbocycles. The average molecular weight is 484 g/mol. The van der Waals surface area contributed by atoms with Gasteiger partial charge in [0.25, 0.3) is 0 Å². The van der Waals surface area contributed by atoms with Crippen LogP contribution in [0.15, 0.2) is 24.5 Å². The quantitative estimate of drug-likeness (QED) is 0.423. The summed E-state index contributed by atoms with van der Waals surface area (Å²) in [6.45, 7) is 1.93. The second kappa shape index (κ2) is 10.0. The number of pyridine rings is 1. The highest BCUT2D eigenvalue weighted by molar-refractivity contribution is 5.94.